The predicted octanol–water partition coefficient (Wildman–Crippen LogP) is 3.80. The number of anilines is 3. The zero-order valence-corrected chi connectivity index (χ0v) is 19.7. The third-order valence-electron chi connectivity index (χ3n) is 7.51. The molecule has 3 aliphatic rings. The summed E-state index contributed by atoms with van der Waals surface area (Å²) in [6.07, 6.45) is 3.27. The molecule has 2 aromatic carbocycles. The van der Waals surface area contributed by atoms with Crippen molar-refractivity contribution in [2.45, 2.75) is 32.6 Å². The van der Waals surface area contributed by atoms with E-state index >= 15 is 0 Å². The Labute approximate surface area is 203 Å². The van der Waals surface area contributed by atoms with E-state index in [-0.39, 0.29) is 40.8 Å². The number of nitro groups is 1. The first-order valence-corrected chi connectivity index (χ1v) is 12.1. The molecular formula is C26H28N4O5. The molecule has 2 aliphatic heterocycles. The number of Topliss-reactive ketones (excluding diaryl/α,β-unsaturated/α-hetero) is 1. The van der Waals surface area contributed by atoms with Gasteiger partial charge in [-0.05, 0) is 56.2 Å². The van der Waals surface area contributed by atoms with Gasteiger partial charge in [0.25, 0.3) is 5.69 Å². The molecular weight excluding hydrogens is 448 g/mol. The summed E-state index contributed by atoms with van der Waals surface area (Å²) >= 11 is 0. The van der Waals surface area contributed by atoms with Gasteiger partial charge in [-0.2, -0.15) is 0 Å². The molecule has 0 bridgehead atoms. The first-order valence-electron chi connectivity index (χ1n) is 12.1. The van der Waals surface area contributed by atoms with Crippen LogP contribution < -0.4 is 14.7 Å². The number of piperazine rings is 1. The number of fused-ring (bicyclic) bond motifs is 1. The van der Waals surface area contributed by atoms with Gasteiger partial charge in [0.05, 0.1) is 22.4 Å². The van der Waals surface area contributed by atoms with Crippen molar-refractivity contribution in [2.75, 3.05) is 40.9 Å². The van der Waals surface area contributed by atoms with Crippen LogP contribution in [0.25, 0.3) is 0 Å². The fraction of sp³-hybridized carbons (Fsp3) is 0.423. The highest BCUT2D eigenvalue weighted by Gasteiger charge is 2.49. The number of imide groups is 1. The normalized spacial score (nSPS) is 22.4. The lowest BCUT2D eigenvalue weighted by atomic mass is 9.81. The number of carbonyl (C=O) groups is 3. The average Bonchev–Trinajstić information content (AvgIpc) is 3.13. The van der Waals surface area contributed by atoms with Crippen LogP contribution in [0, 0.1) is 22.0 Å². The summed E-state index contributed by atoms with van der Waals surface area (Å²) in [5, 5.41) is 12.0. The van der Waals surface area contributed by atoms with Crippen LogP contribution in [0.15, 0.2) is 42.5 Å². The Morgan fingerprint density at radius 1 is 0.857 bits per heavy atom. The molecule has 5 rings (SSSR count). The van der Waals surface area contributed by atoms with Crippen LogP contribution >= 0.6 is 0 Å². The van der Waals surface area contributed by atoms with Crippen molar-refractivity contribution < 1.29 is 19.3 Å². The van der Waals surface area contributed by atoms with E-state index in [0.29, 0.717) is 50.3 Å². The second kappa shape index (κ2) is 9.13. The Morgan fingerprint density at radius 2 is 1.40 bits per heavy atom. The van der Waals surface area contributed by atoms with Crippen LogP contribution in [0.1, 0.15) is 43.0 Å². The van der Waals surface area contributed by atoms with Gasteiger partial charge in [-0.1, -0.05) is 12.8 Å². The third kappa shape index (κ3) is 4.15. The molecule has 2 heterocycles. The number of nitro benzene ring substituents is 1. The van der Waals surface area contributed by atoms with E-state index in [9.17, 15) is 24.5 Å². The van der Waals surface area contributed by atoms with Crippen LogP contribution in [-0.4, -0.2) is 48.7 Å². The number of carbonyl (C=O) groups excluding carboxylic acids is 3. The van der Waals surface area contributed by atoms with Crippen molar-refractivity contribution in [3.8, 4) is 0 Å². The maximum Gasteiger partial charge on any atom is 0.294 e. The first kappa shape index (κ1) is 23.0. The Hall–Kier alpha value is -3.75. The van der Waals surface area contributed by atoms with Gasteiger partial charge < -0.3 is 9.80 Å². The molecule has 0 unspecified atom stereocenters. The molecule has 2 saturated heterocycles. The highest BCUT2D eigenvalue weighted by Crippen LogP contribution is 2.42. The maximum atomic E-state index is 12.9. The maximum absolute atomic E-state index is 12.9. The minimum absolute atomic E-state index is 0.0215. The van der Waals surface area contributed by atoms with Crippen LogP contribution in [-0.2, 0) is 9.59 Å². The Kier molecular flexibility index (Phi) is 6.00. The summed E-state index contributed by atoms with van der Waals surface area (Å²) < 4.78 is 0. The van der Waals surface area contributed by atoms with E-state index in [4.69, 9.17) is 0 Å². The number of hydrogen-bond acceptors (Lipinski definition) is 7. The van der Waals surface area contributed by atoms with Gasteiger partial charge in [-0.15, -0.1) is 0 Å². The number of ketones is 1. The molecule has 0 spiro atoms. The highest BCUT2D eigenvalue weighted by atomic mass is 16.6. The standard InChI is InChI=1S/C26H28N4O5/c1-17(31)18-6-8-19(9-7-18)27-12-14-28(15-13-27)23-11-10-20(16-24(23)30(34)35)29-25(32)21-4-2-3-5-22(21)26(29)33/h6-11,16,21-22H,2-5,12-15H2,1H3/t21-,22+. The van der Waals surface area contributed by atoms with Gasteiger partial charge in [0.15, 0.2) is 5.78 Å². The largest absolute Gasteiger partial charge is 0.368 e. The molecule has 2 atom stereocenters. The van der Waals surface area contributed by atoms with Crippen LogP contribution in [0.5, 0.6) is 0 Å². The minimum Gasteiger partial charge on any atom is -0.368 e. The number of amides is 2. The lowest BCUT2D eigenvalue weighted by Crippen LogP contribution is -2.46. The summed E-state index contributed by atoms with van der Waals surface area (Å²) in [5.74, 6) is -1.04. The molecule has 1 saturated carbocycles. The SMILES string of the molecule is CC(=O)c1ccc(N2CCN(c3ccc(N4C(=O)[C@H]5CCCC[C@H]5C4=O)cc3[N+](=O)[O-])CC2)cc1. The number of benzene rings is 2. The molecule has 9 nitrogen and oxygen atoms in total. The molecule has 35 heavy (non-hydrogen) atoms. The summed E-state index contributed by atoms with van der Waals surface area (Å²) in [6, 6.07) is 12.1. The highest BCUT2D eigenvalue weighted by molar-refractivity contribution is 6.22. The second-order valence-corrected chi connectivity index (χ2v) is 9.52. The fourth-order valence-electron chi connectivity index (χ4n) is 5.59. The predicted molar refractivity (Wildman–Crippen MR) is 132 cm³/mol. The quantitative estimate of drug-likeness (QED) is 0.280. The number of nitrogens with zero attached hydrogens (tertiary/aromatic N) is 4. The smallest absolute Gasteiger partial charge is 0.294 e. The molecule has 0 N–H and O–H groups in total. The lowest BCUT2D eigenvalue weighted by Gasteiger charge is -2.37. The van der Waals surface area contributed by atoms with Gasteiger partial charge in [-0.3, -0.25) is 24.5 Å². The Bertz CT molecular complexity index is 1160. The van der Waals surface area contributed by atoms with E-state index in [1.54, 1.807) is 12.1 Å². The molecule has 2 aromatic rings. The van der Waals surface area contributed by atoms with Crippen molar-refractivity contribution in [3.63, 3.8) is 0 Å². The van der Waals surface area contributed by atoms with E-state index in [1.165, 1.54) is 17.9 Å². The molecule has 0 radical (unpaired) electrons. The van der Waals surface area contributed by atoms with E-state index in [2.05, 4.69) is 4.90 Å². The molecule has 2 amide bonds. The van der Waals surface area contributed by atoms with E-state index < -0.39 is 4.92 Å². The summed E-state index contributed by atoms with van der Waals surface area (Å²) in [7, 11) is 0. The molecule has 1 aliphatic carbocycles. The van der Waals surface area contributed by atoms with Crippen LogP contribution in [0.3, 0.4) is 0 Å². The van der Waals surface area contributed by atoms with E-state index in [0.717, 1.165) is 18.5 Å². The Morgan fingerprint density at radius 3 is 1.94 bits per heavy atom. The molecule has 182 valence electrons. The lowest BCUT2D eigenvalue weighted by molar-refractivity contribution is -0.384. The van der Waals surface area contributed by atoms with Crippen LogP contribution in [0.2, 0.25) is 0 Å². The van der Waals surface area contributed by atoms with Crippen molar-refractivity contribution in [2.24, 2.45) is 11.8 Å². The summed E-state index contributed by atoms with van der Waals surface area (Å²) in [5.41, 5.74) is 2.34. The van der Waals surface area contributed by atoms with Gasteiger partial charge in [0.2, 0.25) is 11.8 Å². The van der Waals surface area contributed by atoms with E-state index in [1.807, 2.05) is 29.2 Å². The zero-order valence-electron chi connectivity index (χ0n) is 19.7. The van der Waals surface area contributed by atoms with Crippen molar-refractivity contribution in [1.29, 1.82) is 0 Å². The third-order valence-corrected chi connectivity index (χ3v) is 7.51. The topological polar surface area (TPSA) is 104 Å². The fourth-order valence-corrected chi connectivity index (χ4v) is 5.59. The first-order chi connectivity index (χ1) is 16.8. The van der Waals surface area contributed by atoms with Gasteiger partial charge in [0, 0.05) is 43.5 Å². The number of rotatable bonds is 5. The molecule has 9 heteroatoms. The average molecular weight is 477 g/mol. The van der Waals surface area contributed by atoms with Crippen molar-refractivity contribution in [3.05, 3.63) is 58.1 Å². The monoisotopic (exact) mass is 476 g/mol. The van der Waals surface area contributed by atoms with Gasteiger partial charge in [-0.25, -0.2) is 4.90 Å². The zero-order chi connectivity index (χ0) is 24.7. The van der Waals surface area contributed by atoms with Gasteiger partial charge >= 0.3 is 0 Å². The molecule has 0 aromatic heterocycles. The van der Waals surface area contributed by atoms with Crippen LogP contribution in [0.4, 0.5) is 22.7 Å². The summed E-state index contributed by atoms with van der Waals surface area (Å²) in [4.78, 5) is 54.3. The van der Waals surface area contributed by atoms with Gasteiger partial charge in [0.1, 0.15) is 5.69 Å². The van der Waals surface area contributed by atoms with Crippen molar-refractivity contribution >= 4 is 40.3 Å². The summed E-state index contributed by atoms with van der Waals surface area (Å²) in [6.45, 7) is 4.05. The van der Waals surface area contributed by atoms with Crippen molar-refractivity contribution in [1.82, 2.24) is 0 Å². The number of hydrogen-bond donors (Lipinski definition) is 0. The second-order valence-electron chi connectivity index (χ2n) is 9.52. The Balaban J connectivity index is 1.34. The minimum atomic E-state index is -0.441. The molecule has 3 fully saturated rings.